The van der Waals surface area contributed by atoms with E-state index in [0.29, 0.717) is 12.0 Å². The number of hydrogen-bond donors (Lipinski definition) is 2. The highest BCUT2D eigenvalue weighted by Gasteiger charge is 2.29. The second-order valence-electron chi connectivity index (χ2n) is 5.04. The zero-order valence-corrected chi connectivity index (χ0v) is 9.59. The molecule has 2 N–H and O–H groups in total. The molecule has 15 heavy (non-hydrogen) atoms. The number of piperidine rings is 1. The first-order valence-corrected chi connectivity index (χ1v) is 6.31. The van der Waals surface area contributed by atoms with E-state index in [1.807, 2.05) is 0 Å². The Bertz CT molecular complexity index is 224. The highest BCUT2D eigenvalue weighted by Crippen LogP contribution is 2.20. The van der Waals surface area contributed by atoms with Gasteiger partial charge in [0, 0.05) is 6.04 Å². The minimum Gasteiger partial charge on any atom is -0.352 e. The van der Waals surface area contributed by atoms with E-state index in [0.717, 1.165) is 6.54 Å². The van der Waals surface area contributed by atoms with E-state index in [2.05, 4.69) is 17.6 Å². The van der Waals surface area contributed by atoms with Gasteiger partial charge in [-0.05, 0) is 38.1 Å². The van der Waals surface area contributed by atoms with Crippen molar-refractivity contribution in [1.82, 2.24) is 10.6 Å². The van der Waals surface area contributed by atoms with Crippen LogP contribution in [-0.4, -0.2) is 24.5 Å². The Kier molecular flexibility index (Phi) is 3.62. The van der Waals surface area contributed by atoms with Crippen LogP contribution >= 0.6 is 0 Å². The quantitative estimate of drug-likeness (QED) is 0.724. The van der Waals surface area contributed by atoms with E-state index in [1.54, 1.807) is 0 Å². The fraction of sp³-hybridized carbons (Fsp3) is 0.917. The second kappa shape index (κ2) is 4.97. The van der Waals surface area contributed by atoms with Crippen LogP contribution in [0.4, 0.5) is 0 Å². The van der Waals surface area contributed by atoms with Crippen molar-refractivity contribution in [1.29, 1.82) is 0 Å². The zero-order valence-electron chi connectivity index (χ0n) is 9.59. The molecule has 2 fully saturated rings. The summed E-state index contributed by atoms with van der Waals surface area (Å²) in [5.41, 5.74) is 0. The number of rotatable bonds is 2. The lowest BCUT2D eigenvalue weighted by Crippen LogP contribution is -2.52. The van der Waals surface area contributed by atoms with Crippen LogP contribution in [0.2, 0.25) is 0 Å². The van der Waals surface area contributed by atoms with E-state index in [4.69, 9.17) is 0 Å². The largest absolute Gasteiger partial charge is 0.352 e. The molecule has 1 saturated heterocycles. The molecule has 1 aliphatic heterocycles. The monoisotopic (exact) mass is 210 g/mol. The van der Waals surface area contributed by atoms with Crippen molar-refractivity contribution in [2.45, 2.75) is 57.5 Å². The molecule has 0 spiro atoms. The fourth-order valence-electron chi connectivity index (χ4n) is 2.76. The summed E-state index contributed by atoms with van der Waals surface area (Å²) >= 11 is 0. The van der Waals surface area contributed by atoms with Crippen LogP contribution in [0.1, 0.15) is 45.4 Å². The highest BCUT2D eigenvalue weighted by molar-refractivity contribution is 5.82. The molecule has 2 rings (SSSR count). The Morgan fingerprint density at radius 1 is 1.20 bits per heavy atom. The van der Waals surface area contributed by atoms with Crippen molar-refractivity contribution < 1.29 is 4.79 Å². The van der Waals surface area contributed by atoms with Gasteiger partial charge < -0.3 is 10.6 Å². The average Bonchev–Trinajstić information content (AvgIpc) is 2.71. The van der Waals surface area contributed by atoms with Crippen molar-refractivity contribution in [3.63, 3.8) is 0 Å². The summed E-state index contributed by atoms with van der Waals surface area (Å²) in [4.78, 5) is 12.0. The molecule has 0 aromatic carbocycles. The second-order valence-corrected chi connectivity index (χ2v) is 5.04. The molecule has 0 bridgehead atoms. The standard InChI is InChI=1S/C12H22N2O/c1-9-5-4-8-13-11(9)12(15)14-10-6-2-3-7-10/h9-11,13H,2-8H2,1H3,(H,14,15). The molecule has 86 valence electrons. The van der Waals surface area contributed by atoms with Gasteiger partial charge in [0.1, 0.15) is 0 Å². The van der Waals surface area contributed by atoms with Crippen LogP contribution in [0.25, 0.3) is 0 Å². The average molecular weight is 210 g/mol. The van der Waals surface area contributed by atoms with Gasteiger partial charge in [0.25, 0.3) is 0 Å². The molecule has 0 radical (unpaired) electrons. The summed E-state index contributed by atoms with van der Waals surface area (Å²) < 4.78 is 0. The third-order valence-corrected chi connectivity index (χ3v) is 3.75. The van der Waals surface area contributed by atoms with Gasteiger partial charge in [-0.15, -0.1) is 0 Å². The van der Waals surface area contributed by atoms with Crippen LogP contribution in [0.5, 0.6) is 0 Å². The molecule has 0 aromatic heterocycles. The van der Waals surface area contributed by atoms with E-state index in [1.165, 1.54) is 38.5 Å². The smallest absolute Gasteiger partial charge is 0.237 e. The summed E-state index contributed by atoms with van der Waals surface area (Å²) in [5.74, 6) is 0.717. The molecule has 1 heterocycles. The van der Waals surface area contributed by atoms with Gasteiger partial charge in [-0.1, -0.05) is 19.8 Å². The SMILES string of the molecule is CC1CCCNC1C(=O)NC1CCCC1. The normalized spacial score (nSPS) is 32.9. The van der Waals surface area contributed by atoms with Crippen molar-refractivity contribution in [2.24, 2.45) is 5.92 Å². The molecule has 2 unspecified atom stereocenters. The van der Waals surface area contributed by atoms with Crippen molar-refractivity contribution in [3.05, 3.63) is 0 Å². The molecular formula is C12H22N2O. The van der Waals surface area contributed by atoms with E-state index < -0.39 is 0 Å². The van der Waals surface area contributed by atoms with Gasteiger partial charge in [-0.25, -0.2) is 0 Å². The lowest BCUT2D eigenvalue weighted by molar-refractivity contribution is -0.125. The molecule has 1 aliphatic carbocycles. The highest BCUT2D eigenvalue weighted by atomic mass is 16.2. The summed E-state index contributed by atoms with van der Waals surface area (Å²) in [5, 5.41) is 6.51. The van der Waals surface area contributed by atoms with Gasteiger partial charge >= 0.3 is 0 Å². The predicted molar refractivity (Wildman–Crippen MR) is 60.6 cm³/mol. The Morgan fingerprint density at radius 2 is 1.93 bits per heavy atom. The number of nitrogens with one attached hydrogen (secondary N) is 2. The summed E-state index contributed by atoms with van der Waals surface area (Å²) in [6.07, 6.45) is 7.28. The van der Waals surface area contributed by atoms with Gasteiger partial charge in [-0.3, -0.25) is 4.79 Å². The van der Waals surface area contributed by atoms with Crippen molar-refractivity contribution >= 4 is 5.91 Å². The Hall–Kier alpha value is -0.570. The zero-order chi connectivity index (χ0) is 10.7. The van der Waals surface area contributed by atoms with Gasteiger partial charge in [0.2, 0.25) is 5.91 Å². The van der Waals surface area contributed by atoms with Gasteiger partial charge in [0.15, 0.2) is 0 Å². The van der Waals surface area contributed by atoms with Crippen molar-refractivity contribution in [2.75, 3.05) is 6.54 Å². The summed E-state index contributed by atoms with van der Waals surface area (Å²) in [6, 6.07) is 0.507. The third-order valence-electron chi connectivity index (χ3n) is 3.75. The Balaban J connectivity index is 1.83. The summed E-state index contributed by atoms with van der Waals surface area (Å²) in [6.45, 7) is 3.16. The first-order chi connectivity index (χ1) is 7.27. The number of hydrogen-bond acceptors (Lipinski definition) is 2. The minimum absolute atomic E-state index is 0.0550. The minimum atomic E-state index is 0.0550. The Morgan fingerprint density at radius 3 is 2.60 bits per heavy atom. The van der Waals surface area contributed by atoms with Gasteiger partial charge in [0.05, 0.1) is 6.04 Å². The van der Waals surface area contributed by atoms with Crippen LogP contribution < -0.4 is 10.6 Å². The lowest BCUT2D eigenvalue weighted by atomic mass is 9.92. The summed E-state index contributed by atoms with van der Waals surface area (Å²) in [7, 11) is 0. The number of amides is 1. The first-order valence-electron chi connectivity index (χ1n) is 6.31. The maximum absolute atomic E-state index is 12.0. The predicted octanol–water partition coefficient (Wildman–Crippen LogP) is 1.43. The van der Waals surface area contributed by atoms with Crippen LogP contribution in [-0.2, 0) is 4.79 Å². The topological polar surface area (TPSA) is 41.1 Å². The maximum atomic E-state index is 12.0. The Labute approximate surface area is 92.0 Å². The van der Waals surface area contributed by atoms with E-state index in [-0.39, 0.29) is 11.9 Å². The molecule has 3 nitrogen and oxygen atoms in total. The molecule has 1 saturated carbocycles. The maximum Gasteiger partial charge on any atom is 0.237 e. The van der Waals surface area contributed by atoms with Gasteiger partial charge in [-0.2, -0.15) is 0 Å². The molecular weight excluding hydrogens is 188 g/mol. The van der Waals surface area contributed by atoms with Crippen LogP contribution in [0.3, 0.4) is 0 Å². The molecule has 0 aromatic rings. The van der Waals surface area contributed by atoms with E-state index >= 15 is 0 Å². The molecule has 1 amide bonds. The van der Waals surface area contributed by atoms with Crippen LogP contribution in [0, 0.1) is 5.92 Å². The number of carbonyl (C=O) groups excluding carboxylic acids is 1. The van der Waals surface area contributed by atoms with Crippen molar-refractivity contribution in [3.8, 4) is 0 Å². The fourth-order valence-corrected chi connectivity index (χ4v) is 2.76. The van der Waals surface area contributed by atoms with Crippen LogP contribution in [0.15, 0.2) is 0 Å². The number of carbonyl (C=O) groups is 1. The third kappa shape index (κ3) is 2.71. The molecule has 2 atom stereocenters. The molecule has 3 heteroatoms. The first kappa shape index (κ1) is 10.9. The lowest BCUT2D eigenvalue weighted by Gasteiger charge is -2.30. The molecule has 2 aliphatic rings. The van der Waals surface area contributed by atoms with E-state index in [9.17, 15) is 4.79 Å².